The highest BCUT2D eigenvalue weighted by molar-refractivity contribution is 7.90. The lowest BCUT2D eigenvalue weighted by Gasteiger charge is -2.12. The van der Waals surface area contributed by atoms with E-state index in [-0.39, 0.29) is 4.90 Å². The first-order chi connectivity index (χ1) is 16.3. The number of carbonyl (C=O) groups is 1. The van der Waals surface area contributed by atoms with Gasteiger partial charge in [-0.05, 0) is 31.2 Å². The molecule has 3 aromatic carbocycles. The lowest BCUT2D eigenvalue weighted by Crippen LogP contribution is -2.38. The summed E-state index contributed by atoms with van der Waals surface area (Å²) in [4.78, 5) is 13.5. The molecule has 5 rings (SSSR count). The Bertz CT molecular complexity index is 1600. The van der Waals surface area contributed by atoms with Gasteiger partial charge in [-0.2, -0.15) is 4.57 Å². The molecule has 0 aliphatic carbocycles. The predicted molar refractivity (Wildman–Crippen MR) is 128 cm³/mol. The molecule has 0 aliphatic rings. The van der Waals surface area contributed by atoms with Crippen LogP contribution >= 0.6 is 0 Å². The Morgan fingerprint density at radius 3 is 2.09 bits per heavy atom. The van der Waals surface area contributed by atoms with Gasteiger partial charge in [-0.25, -0.2) is 13.1 Å². The normalized spacial score (nSPS) is 11.7. The van der Waals surface area contributed by atoms with Crippen molar-refractivity contribution in [3.8, 4) is 0 Å². The van der Waals surface area contributed by atoms with Crippen LogP contribution in [0, 0.1) is 6.92 Å². The van der Waals surface area contributed by atoms with Crippen LogP contribution in [0.5, 0.6) is 0 Å². The quantitative estimate of drug-likeness (QED) is 0.313. The van der Waals surface area contributed by atoms with Crippen molar-refractivity contribution in [3.05, 3.63) is 95.8 Å². The Morgan fingerprint density at radius 2 is 1.53 bits per heavy atom. The molecule has 0 unspecified atom stereocenters. The van der Waals surface area contributed by atoms with Gasteiger partial charge in [-0.15, -0.1) is 5.10 Å². The van der Waals surface area contributed by atoms with Crippen LogP contribution < -0.4 is 9.29 Å². The van der Waals surface area contributed by atoms with E-state index in [0.717, 1.165) is 22.3 Å². The minimum atomic E-state index is -4.04. The van der Waals surface area contributed by atoms with Crippen molar-refractivity contribution in [2.24, 2.45) is 7.05 Å². The van der Waals surface area contributed by atoms with Crippen molar-refractivity contribution in [1.29, 1.82) is 0 Å². The molecule has 34 heavy (non-hydrogen) atoms. The molecule has 1 amide bonds. The lowest BCUT2D eigenvalue weighted by molar-refractivity contribution is -0.636. The summed E-state index contributed by atoms with van der Waals surface area (Å²) >= 11 is 0. The number of nitrogens with zero attached hydrogens (tertiary/aromatic N) is 4. The summed E-state index contributed by atoms with van der Waals surface area (Å²) in [6.45, 7) is 2.31. The molecule has 0 atom stereocenters. The maximum Gasteiger partial charge on any atom is 0.266 e. The molecule has 0 saturated carbocycles. The number of sulfonamides is 1. The van der Waals surface area contributed by atoms with Gasteiger partial charge < -0.3 is 0 Å². The van der Waals surface area contributed by atoms with E-state index in [9.17, 15) is 13.2 Å². The molecule has 9 heteroatoms. The minimum absolute atomic E-state index is 0.0358. The fourth-order valence-corrected chi connectivity index (χ4v) is 5.07. The lowest BCUT2D eigenvalue weighted by atomic mass is 10.0. The van der Waals surface area contributed by atoms with Crippen LogP contribution in [0.4, 0.5) is 0 Å². The summed E-state index contributed by atoms with van der Waals surface area (Å²) < 4.78 is 31.9. The van der Waals surface area contributed by atoms with Crippen molar-refractivity contribution in [2.45, 2.75) is 18.4 Å². The number of amides is 1. The van der Waals surface area contributed by atoms with Gasteiger partial charge >= 0.3 is 0 Å². The molecule has 170 valence electrons. The smallest absolute Gasteiger partial charge is 0.266 e. The fourth-order valence-electron chi connectivity index (χ4n) is 4.11. The number of para-hydroxylation sites is 2. The zero-order valence-electron chi connectivity index (χ0n) is 18.6. The molecule has 0 aliphatic heterocycles. The number of pyridine rings is 1. The van der Waals surface area contributed by atoms with E-state index < -0.39 is 15.9 Å². The molecular formula is C25H22N5O3S+. The Hall–Kier alpha value is -4.11. The SMILES string of the molecule is Cc1ccc(S(=O)(=O)NC(=O)c2c3ccccc3[n+](Cc3cn(C)nn3)c3ccccc23)cc1. The average Bonchev–Trinajstić information content (AvgIpc) is 3.23. The van der Waals surface area contributed by atoms with Crippen LogP contribution in [0.25, 0.3) is 21.8 Å². The summed E-state index contributed by atoms with van der Waals surface area (Å²) in [5.41, 5.74) is 3.56. The predicted octanol–water partition coefficient (Wildman–Crippen LogP) is 2.88. The standard InChI is InChI=1S/C25H21N5O3S/c1-17-11-13-19(14-12-17)34(32,33)27-25(31)24-20-7-3-5-9-22(20)30(16-18-15-29(2)28-26-18)23-10-6-4-8-21(23)24/h3-15H,16H2,1-2H3/p+1. The molecule has 2 aromatic heterocycles. The van der Waals surface area contributed by atoms with E-state index in [0.29, 0.717) is 22.9 Å². The van der Waals surface area contributed by atoms with Crippen molar-refractivity contribution < 1.29 is 17.8 Å². The molecular weight excluding hydrogens is 450 g/mol. The largest absolute Gasteiger partial charge is 0.268 e. The summed E-state index contributed by atoms with van der Waals surface area (Å²) in [5.74, 6) is -0.681. The first-order valence-electron chi connectivity index (χ1n) is 10.7. The zero-order valence-corrected chi connectivity index (χ0v) is 19.5. The van der Waals surface area contributed by atoms with Gasteiger partial charge in [0.2, 0.25) is 11.0 Å². The number of carbonyl (C=O) groups excluding carboxylic acids is 1. The molecule has 0 spiro atoms. The minimum Gasteiger partial charge on any atom is -0.268 e. The van der Waals surface area contributed by atoms with E-state index in [4.69, 9.17) is 0 Å². The van der Waals surface area contributed by atoms with Crippen LogP contribution in [0.3, 0.4) is 0 Å². The second-order valence-electron chi connectivity index (χ2n) is 8.13. The van der Waals surface area contributed by atoms with Crippen molar-refractivity contribution in [3.63, 3.8) is 0 Å². The number of hydrogen-bond donors (Lipinski definition) is 1. The second kappa shape index (κ2) is 8.35. The van der Waals surface area contributed by atoms with Crippen LogP contribution in [0.1, 0.15) is 21.6 Å². The third-order valence-corrected chi connectivity index (χ3v) is 7.03. The van der Waals surface area contributed by atoms with E-state index in [1.807, 2.05) is 61.7 Å². The number of rotatable bonds is 5. The molecule has 0 bridgehead atoms. The van der Waals surface area contributed by atoms with Crippen molar-refractivity contribution >= 4 is 37.7 Å². The van der Waals surface area contributed by atoms with Gasteiger partial charge in [-0.3, -0.25) is 9.48 Å². The molecule has 0 fully saturated rings. The Morgan fingerprint density at radius 1 is 0.941 bits per heavy atom. The number of nitrogens with one attached hydrogen (secondary N) is 1. The van der Waals surface area contributed by atoms with E-state index in [1.165, 1.54) is 12.1 Å². The number of fused-ring (bicyclic) bond motifs is 2. The topological polar surface area (TPSA) is 97.8 Å². The third-order valence-electron chi connectivity index (χ3n) is 5.68. The van der Waals surface area contributed by atoms with Gasteiger partial charge in [0, 0.05) is 19.2 Å². The van der Waals surface area contributed by atoms with E-state index >= 15 is 0 Å². The first-order valence-corrected chi connectivity index (χ1v) is 12.1. The number of aromatic nitrogens is 4. The number of hydrogen-bond acceptors (Lipinski definition) is 5. The molecule has 2 heterocycles. The summed E-state index contributed by atoms with van der Waals surface area (Å²) in [6, 6.07) is 21.2. The van der Waals surface area contributed by atoms with Crippen LogP contribution in [0.15, 0.2) is 83.9 Å². The Labute approximate surface area is 196 Å². The van der Waals surface area contributed by atoms with Crippen molar-refractivity contribution in [2.75, 3.05) is 0 Å². The number of benzene rings is 3. The monoisotopic (exact) mass is 472 g/mol. The molecule has 5 aromatic rings. The second-order valence-corrected chi connectivity index (χ2v) is 9.81. The Kier molecular flexibility index (Phi) is 5.33. The van der Waals surface area contributed by atoms with E-state index in [1.54, 1.807) is 23.9 Å². The van der Waals surface area contributed by atoms with Crippen molar-refractivity contribution in [1.82, 2.24) is 19.7 Å². The van der Waals surface area contributed by atoms with Gasteiger partial charge in [0.25, 0.3) is 15.9 Å². The highest BCUT2D eigenvalue weighted by Crippen LogP contribution is 2.26. The average molecular weight is 473 g/mol. The van der Waals surface area contributed by atoms with Gasteiger partial charge in [-0.1, -0.05) is 47.2 Å². The summed E-state index contributed by atoms with van der Waals surface area (Å²) in [5, 5.41) is 9.50. The molecule has 8 nitrogen and oxygen atoms in total. The van der Waals surface area contributed by atoms with Gasteiger partial charge in [0.1, 0.15) is 5.69 Å². The fraction of sp³-hybridized carbons (Fsp3) is 0.120. The van der Waals surface area contributed by atoms with Gasteiger partial charge in [0.15, 0.2) is 6.54 Å². The van der Waals surface area contributed by atoms with Gasteiger partial charge in [0.05, 0.1) is 27.4 Å². The first kappa shape index (κ1) is 21.7. The maximum atomic E-state index is 13.5. The zero-order chi connectivity index (χ0) is 23.9. The van der Waals surface area contributed by atoms with Crippen LogP contribution in [-0.2, 0) is 23.6 Å². The Balaban J connectivity index is 1.67. The number of aryl methyl sites for hydroxylation is 2. The van der Waals surface area contributed by atoms with E-state index in [2.05, 4.69) is 19.6 Å². The summed E-state index contributed by atoms with van der Waals surface area (Å²) in [7, 11) is -2.24. The highest BCUT2D eigenvalue weighted by atomic mass is 32.2. The van der Waals surface area contributed by atoms with Crippen LogP contribution in [0.2, 0.25) is 0 Å². The molecule has 1 N–H and O–H groups in total. The maximum absolute atomic E-state index is 13.5. The molecule has 0 saturated heterocycles. The van der Waals surface area contributed by atoms with Crippen LogP contribution in [-0.4, -0.2) is 29.3 Å². The summed E-state index contributed by atoms with van der Waals surface area (Å²) in [6.07, 6.45) is 1.84. The molecule has 0 radical (unpaired) electrons. The highest BCUT2D eigenvalue weighted by Gasteiger charge is 2.27. The third kappa shape index (κ3) is 3.90.